The quantitative estimate of drug-likeness (QED) is 0.799. The van der Waals surface area contributed by atoms with Crippen LogP contribution in [0, 0.1) is 0 Å². The lowest BCUT2D eigenvalue weighted by molar-refractivity contribution is 0.477. The van der Waals surface area contributed by atoms with Gasteiger partial charge in [0.2, 0.25) is 0 Å². The Labute approximate surface area is 119 Å². The van der Waals surface area contributed by atoms with Gasteiger partial charge in [-0.2, -0.15) is 0 Å². The van der Waals surface area contributed by atoms with Crippen LogP contribution in [0.3, 0.4) is 0 Å². The molecule has 2 nitrogen and oxygen atoms in total. The van der Waals surface area contributed by atoms with E-state index in [9.17, 15) is 8.76 Å². The molecule has 3 heteroatoms. The summed E-state index contributed by atoms with van der Waals surface area (Å²) in [5.74, 6) is 0. The minimum absolute atomic E-state index is 0.0897. The van der Waals surface area contributed by atoms with Gasteiger partial charge in [0.05, 0.1) is 4.90 Å². The van der Waals surface area contributed by atoms with E-state index < -0.39 is 11.1 Å². The van der Waals surface area contributed by atoms with Gasteiger partial charge in [0.15, 0.2) is 11.1 Å². The Hall–Kier alpha value is -0.670. The number of hydrogen-bond donors (Lipinski definition) is 1. The molecule has 0 saturated carbocycles. The van der Waals surface area contributed by atoms with E-state index in [0.29, 0.717) is 4.90 Å². The van der Waals surface area contributed by atoms with Crippen molar-refractivity contribution in [3.05, 3.63) is 29.3 Å². The smallest absolute Gasteiger partial charge is 0.186 e. The normalized spacial score (nSPS) is 14.5. The van der Waals surface area contributed by atoms with Gasteiger partial charge in [0.1, 0.15) is 0 Å². The number of rotatable bonds is 5. The van der Waals surface area contributed by atoms with Crippen molar-refractivity contribution in [1.82, 2.24) is 0 Å². The van der Waals surface area contributed by atoms with E-state index in [4.69, 9.17) is 0 Å². The molecule has 0 saturated heterocycles. The molecule has 0 bridgehead atoms. The van der Waals surface area contributed by atoms with Gasteiger partial charge in [0, 0.05) is 0 Å². The van der Waals surface area contributed by atoms with Crippen molar-refractivity contribution in [2.45, 2.75) is 70.1 Å². The minimum Gasteiger partial charge on any atom is -0.302 e. The van der Waals surface area contributed by atoms with Gasteiger partial charge in [-0.25, -0.2) is 4.21 Å². The first-order chi connectivity index (χ1) is 8.65. The molecular formula is C16H26O2S. The molecule has 1 atom stereocenters. The van der Waals surface area contributed by atoms with Crippen LogP contribution in [0.4, 0.5) is 0 Å². The van der Waals surface area contributed by atoms with E-state index in [0.717, 1.165) is 18.4 Å². The number of hydrogen-bond acceptors (Lipinski definition) is 1. The second-order valence-corrected chi connectivity index (χ2v) is 7.37. The summed E-state index contributed by atoms with van der Waals surface area (Å²) in [5, 5.41) is 0. The molecule has 0 heterocycles. The Morgan fingerprint density at radius 2 is 1.58 bits per heavy atom. The highest BCUT2D eigenvalue weighted by molar-refractivity contribution is 7.79. The highest BCUT2D eigenvalue weighted by Crippen LogP contribution is 2.35. The maximum absolute atomic E-state index is 11.5. The summed E-state index contributed by atoms with van der Waals surface area (Å²) in [6, 6.07) is 5.92. The molecule has 0 radical (unpaired) electrons. The van der Waals surface area contributed by atoms with Gasteiger partial charge in [-0.3, -0.25) is 0 Å². The largest absolute Gasteiger partial charge is 0.302 e. The molecule has 1 aromatic carbocycles. The van der Waals surface area contributed by atoms with Crippen LogP contribution in [0.2, 0.25) is 0 Å². The minimum atomic E-state index is -1.93. The Morgan fingerprint density at radius 1 is 1.05 bits per heavy atom. The topological polar surface area (TPSA) is 37.3 Å². The molecule has 0 spiro atoms. The SMILES string of the molecule is CCC(C)(C)c1ccc(S(=O)O)c(C(C)(C)CC)c1. The van der Waals surface area contributed by atoms with Gasteiger partial charge >= 0.3 is 0 Å². The van der Waals surface area contributed by atoms with Crippen LogP contribution < -0.4 is 0 Å². The number of benzene rings is 1. The fourth-order valence-electron chi connectivity index (χ4n) is 2.03. The third-order valence-corrected chi connectivity index (χ3v) is 5.18. The summed E-state index contributed by atoms with van der Waals surface area (Å²) in [6.45, 7) is 13.0. The average Bonchev–Trinajstić information content (AvgIpc) is 2.37. The Morgan fingerprint density at radius 3 is 2.00 bits per heavy atom. The second kappa shape index (κ2) is 5.76. The van der Waals surface area contributed by atoms with Crippen LogP contribution in [-0.4, -0.2) is 8.76 Å². The molecule has 1 rings (SSSR count). The van der Waals surface area contributed by atoms with E-state index in [-0.39, 0.29) is 10.8 Å². The third-order valence-electron chi connectivity index (χ3n) is 4.45. The standard InChI is InChI=1S/C16H26O2S/c1-7-15(3,4)12-9-10-14(19(17)18)13(11-12)16(5,6)8-2/h9-11H,7-8H2,1-6H3,(H,17,18). The highest BCUT2D eigenvalue weighted by Gasteiger charge is 2.27. The lowest BCUT2D eigenvalue weighted by Crippen LogP contribution is -2.22. The predicted molar refractivity (Wildman–Crippen MR) is 82.1 cm³/mol. The molecule has 0 aliphatic rings. The summed E-state index contributed by atoms with van der Waals surface area (Å²) in [5.41, 5.74) is 2.23. The Balaban J connectivity index is 3.47. The van der Waals surface area contributed by atoms with E-state index in [1.54, 1.807) is 0 Å². The lowest BCUT2D eigenvalue weighted by Gasteiger charge is -2.30. The molecule has 0 amide bonds. The highest BCUT2D eigenvalue weighted by atomic mass is 32.2. The van der Waals surface area contributed by atoms with Crippen molar-refractivity contribution in [3.63, 3.8) is 0 Å². The van der Waals surface area contributed by atoms with Crippen LogP contribution >= 0.6 is 0 Å². The van der Waals surface area contributed by atoms with Crippen LogP contribution in [0.15, 0.2) is 23.1 Å². The first-order valence-electron chi connectivity index (χ1n) is 6.91. The van der Waals surface area contributed by atoms with Crippen molar-refractivity contribution < 1.29 is 8.76 Å². The predicted octanol–water partition coefficient (Wildman–Crippen LogP) is 4.64. The second-order valence-electron chi connectivity index (χ2n) is 6.43. The molecule has 0 aliphatic heterocycles. The molecule has 108 valence electrons. The van der Waals surface area contributed by atoms with E-state index in [1.165, 1.54) is 5.56 Å². The first-order valence-corrected chi connectivity index (χ1v) is 8.02. The molecule has 19 heavy (non-hydrogen) atoms. The first kappa shape index (κ1) is 16.4. The summed E-state index contributed by atoms with van der Waals surface area (Å²) >= 11 is -1.93. The van der Waals surface area contributed by atoms with Crippen LogP contribution in [0.25, 0.3) is 0 Å². The molecular weight excluding hydrogens is 256 g/mol. The van der Waals surface area contributed by atoms with E-state index >= 15 is 0 Å². The van der Waals surface area contributed by atoms with Crippen LogP contribution in [-0.2, 0) is 21.9 Å². The zero-order chi connectivity index (χ0) is 14.8. The molecule has 0 fully saturated rings. The molecule has 1 N–H and O–H groups in total. The maximum Gasteiger partial charge on any atom is 0.186 e. The maximum atomic E-state index is 11.5. The zero-order valence-electron chi connectivity index (χ0n) is 12.9. The summed E-state index contributed by atoms with van der Waals surface area (Å²) in [4.78, 5) is 0.544. The monoisotopic (exact) mass is 282 g/mol. The Kier molecular flexibility index (Phi) is 4.97. The molecule has 0 aromatic heterocycles. The van der Waals surface area contributed by atoms with Crippen LogP contribution in [0.5, 0.6) is 0 Å². The molecule has 1 aromatic rings. The van der Waals surface area contributed by atoms with Crippen molar-refractivity contribution in [2.75, 3.05) is 0 Å². The van der Waals surface area contributed by atoms with Gasteiger partial charge in [0.25, 0.3) is 0 Å². The Bertz CT molecular complexity index is 476. The lowest BCUT2D eigenvalue weighted by atomic mass is 9.77. The van der Waals surface area contributed by atoms with Crippen molar-refractivity contribution >= 4 is 11.1 Å². The average molecular weight is 282 g/mol. The fraction of sp³-hybridized carbons (Fsp3) is 0.625. The van der Waals surface area contributed by atoms with Gasteiger partial charge < -0.3 is 4.55 Å². The fourth-order valence-corrected chi connectivity index (χ4v) is 2.73. The van der Waals surface area contributed by atoms with Crippen LogP contribution in [0.1, 0.15) is 65.5 Å². The molecule has 1 unspecified atom stereocenters. The summed E-state index contributed by atoms with van der Waals surface area (Å²) < 4.78 is 21.0. The summed E-state index contributed by atoms with van der Waals surface area (Å²) in [6.07, 6.45) is 1.98. The van der Waals surface area contributed by atoms with Gasteiger partial charge in [-0.15, -0.1) is 0 Å². The zero-order valence-corrected chi connectivity index (χ0v) is 13.7. The summed E-state index contributed by atoms with van der Waals surface area (Å²) in [7, 11) is 0. The van der Waals surface area contributed by atoms with Crippen molar-refractivity contribution in [1.29, 1.82) is 0 Å². The van der Waals surface area contributed by atoms with Gasteiger partial charge in [-0.1, -0.05) is 53.7 Å². The van der Waals surface area contributed by atoms with E-state index in [1.807, 2.05) is 12.1 Å². The molecule has 0 aliphatic carbocycles. The van der Waals surface area contributed by atoms with Crippen molar-refractivity contribution in [2.24, 2.45) is 0 Å². The van der Waals surface area contributed by atoms with E-state index in [2.05, 4.69) is 47.6 Å². The van der Waals surface area contributed by atoms with Crippen molar-refractivity contribution in [3.8, 4) is 0 Å². The third kappa shape index (κ3) is 3.46. The van der Waals surface area contributed by atoms with Gasteiger partial charge in [-0.05, 0) is 40.9 Å².